The molecule has 1 amide bonds. The van der Waals surface area contributed by atoms with Gasteiger partial charge in [-0.05, 0) is 48.8 Å². The summed E-state index contributed by atoms with van der Waals surface area (Å²) < 4.78 is 6.88. The predicted molar refractivity (Wildman–Crippen MR) is 116 cm³/mol. The van der Waals surface area contributed by atoms with E-state index in [1.165, 1.54) is 0 Å². The molecule has 1 saturated heterocycles. The van der Waals surface area contributed by atoms with Gasteiger partial charge in [0.05, 0.1) is 22.9 Å². The molecule has 140 valence electrons. The Morgan fingerprint density at radius 2 is 2.33 bits per heavy atom. The van der Waals surface area contributed by atoms with Crippen LogP contribution in [0.15, 0.2) is 46.7 Å². The Balaban J connectivity index is 1.65. The molecule has 2 aromatic heterocycles. The summed E-state index contributed by atoms with van der Waals surface area (Å²) in [6.45, 7) is 1.32. The van der Waals surface area contributed by atoms with E-state index < -0.39 is 0 Å². The van der Waals surface area contributed by atoms with Crippen LogP contribution in [0.5, 0.6) is 0 Å². The van der Waals surface area contributed by atoms with Crippen LogP contribution in [0.4, 0.5) is 5.13 Å². The zero-order chi connectivity index (χ0) is 18.6. The molecule has 1 aliphatic heterocycles. The zero-order valence-corrected chi connectivity index (χ0v) is 17.4. The molecule has 1 atom stereocenters. The Morgan fingerprint density at radius 1 is 1.41 bits per heavy atom. The number of thiazole rings is 1. The van der Waals surface area contributed by atoms with Crippen LogP contribution in [0.2, 0.25) is 0 Å². The predicted octanol–water partition coefficient (Wildman–Crippen LogP) is 5.31. The molecule has 1 aromatic carbocycles. The summed E-state index contributed by atoms with van der Waals surface area (Å²) in [5.41, 5.74) is 0.970. The van der Waals surface area contributed by atoms with Gasteiger partial charge in [-0.2, -0.15) is 0 Å². The first kappa shape index (κ1) is 18.7. The molecule has 7 heteroatoms. The van der Waals surface area contributed by atoms with Crippen molar-refractivity contribution in [3.8, 4) is 0 Å². The van der Waals surface area contributed by atoms with Gasteiger partial charge in [0, 0.05) is 22.5 Å². The molecule has 0 aliphatic carbocycles. The summed E-state index contributed by atoms with van der Waals surface area (Å²) in [6.07, 6.45) is 7.68. The highest BCUT2D eigenvalue weighted by Gasteiger charge is 2.25. The van der Waals surface area contributed by atoms with Gasteiger partial charge in [0.15, 0.2) is 5.13 Å². The third kappa shape index (κ3) is 4.27. The van der Waals surface area contributed by atoms with Crippen LogP contribution in [0, 0.1) is 0 Å². The number of aromatic nitrogens is 1. The molecule has 27 heavy (non-hydrogen) atoms. The van der Waals surface area contributed by atoms with Crippen molar-refractivity contribution in [2.75, 3.05) is 24.3 Å². The van der Waals surface area contributed by atoms with E-state index in [9.17, 15) is 4.79 Å². The highest BCUT2D eigenvalue weighted by molar-refractivity contribution is 7.98. The maximum absolute atomic E-state index is 13.0. The number of hydrogen-bond acceptors (Lipinski definition) is 6. The number of fused-ring (bicyclic) bond motifs is 1. The summed E-state index contributed by atoms with van der Waals surface area (Å²) in [6, 6.07) is 10.2. The number of para-hydroxylation sites is 1. The van der Waals surface area contributed by atoms with Crippen LogP contribution in [0.25, 0.3) is 16.3 Å². The molecule has 0 saturated carbocycles. The minimum Gasteiger partial charge on any atom is -0.376 e. The molecule has 4 nitrogen and oxygen atoms in total. The molecule has 3 heterocycles. The largest absolute Gasteiger partial charge is 0.376 e. The molecule has 3 aromatic rings. The minimum absolute atomic E-state index is 0.0522. The number of carbonyl (C=O) groups is 1. The molecule has 0 spiro atoms. The standard InChI is InChI=1S/C20H20N2O2S3/c1-25-16-7-2-8-17-19(16)21-20(27-17)22(13-14-5-3-11-24-14)18(23)10-9-15-6-4-12-26-15/h2,4,6-10,12,14H,3,5,11,13H2,1H3/b10-9+/t14-/m0/s1. The first-order valence-corrected chi connectivity index (χ1v) is 11.7. The van der Waals surface area contributed by atoms with Crippen LogP contribution < -0.4 is 4.90 Å². The summed E-state index contributed by atoms with van der Waals surface area (Å²) in [5, 5.41) is 2.74. The molecule has 1 aliphatic rings. The monoisotopic (exact) mass is 416 g/mol. The number of nitrogens with zero attached hydrogens (tertiary/aromatic N) is 2. The molecular weight excluding hydrogens is 396 g/mol. The highest BCUT2D eigenvalue weighted by Crippen LogP contribution is 2.34. The van der Waals surface area contributed by atoms with E-state index >= 15 is 0 Å². The fraction of sp³-hybridized carbons (Fsp3) is 0.300. The van der Waals surface area contributed by atoms with E-state index in [0.717, 1.165) is 44.6 Å². The lowest BCUT2D eigenvalue weighted by atomic mass is 10.2. The van der Waals surface area contributed by atoms with Gasteiger partial charge in [0.2, 0.25) is 0 Å². The molecule has 0 radical (unpaired) electrons. The molecule has 0 N–H and O–H groups in total. The van der Waals surface area contributed by atoms with Crippen molar-refractivity contribution in [3.63, 3.8) is 0 Å². The van der Waals surface area contributed by atoms with Crippen molar-refractivity contribution < 1.29 is 9.53 Å². The van der Waals surface area contributed by atoms with Crippen molar-refractivity contribution in [2.45, 2.75) is 23.8 Å². The number of anilines is 1. The van der Waals surface area contributed by atoms with Crippen molar-refractivity contribution in [1.29, 1.82) is 0 Å². The smallest absolute Gasteiger partial charge is 0.252 e. The Morgan fingerprint density at radius 3 is 3.07 bits per heavy atom. The van der Waals surface area contributed by atoms with E-state index in [1.807, 2.05) is 35.9 Å². The van der Waals surface area contributed by atoms with Crippen molar-refractivity contribution in [3.05, 3.63) is 46.7 Å². The summed E-state index contributed by atoms with van der Waals surface area (Å²) in [7, 11) is 0. The topological polar surface area (TPSA) is 42.4 Å². The van der Waals surface area contributed by atoms with Crippen molar-refractivity contribution >= 4 is 61.8 Å². The third-order valence-corrected chi connectivity index (χ3v) is 7.08. The Hall–Kier alpha value is -1.67. The van der Waals surface area contributed by atoms with E-state index in [2.05, 4.69) is 12.1 Å². The van der Waals surface area contributed by atoms with Crippen molar-refractivity contribution in [2.24, 2.45) is 0 Å². The van der Waals surface area contributed by atoms with Crippen LogP contribution in [-0.4, -0.2) is 36.4 Å². The van der Waals surface area contributed by atoms with E-state index in [1.54, 1.807) is 45.4 Å². The van der Waals surface area contributed by atoms with Gasteiger partial charge in [-0.15, -0.1) is 23.1 Å². The maximum Gasteiger partial charge on any atom is 0.252 e. The normalized spacial score (nSPS) is 17.1. The average molecular weight is 417 g/mol. The van der Waals surface area contributed by atoms with Crippen LogP contribution in [-0.2, 0) is 9.53 Å². The molecule has 0 unspecified atom stereocenters. The Kier molecular flexibility index (Phi) is 5.92. The van der Waals surface area contributed by atoms with Gasteiger partial charge < -0.3 is 4.74 Å². The zero-order valence-electron chi connectivity index (χ0n) is 15.0. The molecule has 0 bridgehead atoms. The number of benzene rings is 1. The number of ether oxygens (including phenoxy) is 1. The average Bonchev–Trinajstić information content (AvgIpc) is 3.45. The number of thiophene rings is 1. The van der Waals surface area contributed by atoms with Crippen LogP contribution >= 0.6 is 34.4 Å². The highest BCUT2D eigenvalue weighted by atomic mass is 32.2. The number of hydrogen-bond donors (Lipinski definition) is 0. The van der Waals surface area contributed by atoms with Crippen LogP contribution in [0.3, 0.4) is 0 Å². The second-order valence-electron chi connectivity index (χ2n) is 6.24. The lowest BCUT2D eigenvalue weighted by Gasteiger charge is -2.21. The van der Waals surface area contributed by atoms with Gasteiger partial charge >= 0.3 is 0 Å². The summed E-state index contributed by atoms with van der Waals surface area (Å²) >= 11 is 4.86. The second kappa shape index (κ2) is 8.56. The molecule has 4 rings (SSSR count). The number of amides is 1. The van der Waals surface area contributed by atoms with Gasteiger partial charge in [-0.25, -0.2) is 4.98 Å². The van der Waals surface area contributed by atoms with Gasteiger partial charge in [-0.1, -0.05) is 23.5 Å². The first-order chi connectivity index (χ1) is 13.2. The lowest BCUT2D eigenvalue weighted by molar-refractivity contribution is -0.114. The van der Waals surface area contributed by atoms with E-state index in [-0.39, 0.29) is 12.0 Å². The van der Waals surface area contributed by atoms with E-state index in [0.29, 0.717) is 6.54 Å². The second-order valence-corrected chi connectivity index (χ2v) is 9.07. The third-order valence-electron chi connectivity index (χ3n) is 4.43. The Bertz CT molecular complexity index is 943. The number of thioether (sulfide) groups is 1. The maximum atomic E-state index is 13.0. The summed E-state index contributed by atoms with van der Waals surface area (Å²) in [4.78, 5) is 21.8. The first-order valence-electron chi connectivity index (χ1n) is 8.83. The van der Waals surface area contributed by atoms with Gasteiger partial charge in [0.1, 0.15) is 0 Å². The fourth-order valence-electron chi connectivity index (χ4n) is 3.08. The number of rotatable bonds is 6. The lowest BCUT2D eigenvalue weighted by Crippen LogP contribution is -2.36. The van der Waals surface area contributed by atoms with Gasteiger partial charge in [-0.3, -0.25) is 9.69 Å². The SMILES string of the molecule is CSc1cccc2sc(N(C[C@@H]3CCCO3)C(=O)/C=C/c3cccs3)nc12. The quantitative estimate of drug-likeness (QED) is 0.404. The fourth-order valence-corrected chi connectivity index (χ4v) is 5.33. The minimum atomic E-state index is -0.0522. The number of carbonyl (C=O) groups excluding carboxylic acids is 1. The van der Waals surface area contributed by atoms with Crippen molar-refractivity contribution in [1.82, 2.24) is 4.98 Å². The van der Waals surface area contributed by atoms with Gasteiger partial charge in [0.25, 0.3) is 5.91 Å². The molecular formula is C20H20N2O2S3. The Labute approximate surface area is 170 Å². The van der Waals surface area contributed by atoms with Crippen LogP contribution in [0.1, 0.15) is 17.7 Å². The summed E-state index contributed by atoms with van der Waals surface area (Å²) in [5.74, 6) is -0.0522. The van der Waals surface area contributed by atoms with E-state index in [4.69, 9.17) is 9.72 Å². The molecule has 1 fully saturated rings.